The van der Waals surface area contributed by atoms with Crippen molar-refractivity contribution < 1.29 is 32.2 Å². The summed E-state index contributed by atoms with van der Waals surface area (Å²) in [7, 11) is 0. The fraction of sp³-hybridized carbons (Fsp3) is 0.667. The van der Waals surface area contributed by atoms with E-state index in [9.17, 15) is 23.1 Å². The van der Waals surface area contributed by atoms with Crippen molar-refractivity contribution in [1.82, 2.24) is 4.90 Å². The monoisotopic (exact) mass is 335 g/mol. The van der Waals surface area contributed by atoms with Gasteiger partial charge in [0.1, 0.15) is 24.6 Å². The van der Waals surface area contributed by atoms with Gasteiger partial charge >= 0.3 is 6.18 Å². The van der Waals surface area contributed by atoms with Crippen LogP contribution in [0.25, 0.3) is 0 Å². The average molecular weight is 335 g/mol. The summed E-state index contributed by atoms with van der Waals surface area (Å²) in [5, 5.41) is 10.1. The highest BCUT2D eigenvalue weighted by atomic mass is 19.4. The molecule has 1 saturated heterocycles. The number of carbonyl (C=O) groups excluding carboxylic acids is 1. The first-order valence-electron chi connectivity index (χ1n) is 7.48. The van der Waals surface area contributed by atoms with Crippen LogP contribution in [0.5, 0.6) is 0 Å². The van der Waals surface area contributed by atoms with Crippen molar-refractivity contribution >= 4 is 5.91 Å². The van der Waals surface area contributed by atoms with Crippen molar-refractivity contribution in [2.45, 2.75) is 50.6 Å². The summed E-state index contributed by atoms with van der Waals surface area (Å²) in [6.45, 7) is 0.313. The third kappa shape index (κ3) is 4.97. The SMILES string of the molecule is CC(OCC(F)(F)F)C(=O)N1CCCC1CC(O)c1ccco1. The predicted molar refractivity (Wildman–Crippen MR) is 74.5 cm³/mol. The van der Waals surface area contributed by atoms with Crippen LogP contribution in [-0.4, -0.2) is 47.4 Å². The molecule has 1 aliphatic rings. The number of ether oxygens (including phenoxy) is 1. The van der Waals surface area contributed by atoms with Gasteiger partial charge in [-0.25, -0.2) is 0 Å². The van der Waals surface area contributed by atoms with Gasteiger partial charge in [0.2, 0.25) is 0 Å². The average Bonchev–Trinajstić information content (AvgIpc) is 3.14. The molecule has 0 radical (unpaired) electrons. The second-order valence-corrected chi connectivity index (χ2v) is 5.66. The van der Waals surface area contributed by atoms with Crippen LogP contribution in [0.3, 0.4) is 0 Å². The maximum Gasteiger partial charge on any atom is 0.411 e. The molecule has 1 aliphatic heterocycles. The molecule has 23 heavy (non-hydrogen) atoms. The number of alkyl halides is 3. The maximum atomic E-state index is 12.3. The lowest BCUT2D eigenvalue weighted by Gasteiger charge is -2.28. The molecule has 1 amide bonds. The summed E-state index contributed by atoms with van der Waals surface area (Å²) in [6.07, 6.45) is -3.32. The number of rotatable bonds is 6. The second kappa shape index (κ2) is 7.35. The number of carbonyl (C=O) groups is 1. The Morgan fingerprint density at radius 1 is 1.57 bits per heavy atom. The maximum absolute atomic E-state index is 12.3. The fourth-order valence-corrected chi connectivity index (χ4v) is 2.75. The molecule has 3 atom stereocenters. The van der Waals surface area contributed by atoms with Gasteiger partial charge in [-0.2, -0.15) is 13.2 Å². The minimum absolute atomic E-state index is 0.237. The summed E-state index contributed by atoms with van der Waals surface area (Å²) in [4.78, 5) is 13.8. The molecule has 3 unspecified atom stereocenters. The predicted octanol–water partition coefficient (Wildman–Crippen LogP) is 2.66. The molecule has 8 heteroatoms. The van der Waals surface area contributed by atoms with E-state index in [2.05, 4.69) is 4.74 Å². The van der Waals surface area contributed by atoms with Crippen LogP contribution in [0, 0.1) is 0 Å². The number of aliphatic hydroxyl groups excluding tert-OH is 1. The number of amides is 1. The van der Waals surface area contributed by atoms with E-state index in [0.29, 0.717) is 18.7 Å². The van der Waals surface area contributed by atoms with Gasteiger partial charge in [-0.15, -0.1) is 0 Å². The van der Waals surface area contributed by atoms with Gasteiger partial charge in [0.15, 0.2) is 0 Å². The molecule has 1 fully saturated rings. The molecule has 2 heterocycles. The van der Waals surface area contributed by atoms with Crippen molar-refractivity contribution in [2.75, 3.05) is 13.2 Å². The summed E-state index contributed by atoms with van der Waals surface area (Å²) in [6, 6.07) is 3.06. The van der Waals surface area contributed by atoms with E-state index in [0.717, 1.165) is 6.42 Å². The molecule has 0 aromatic carbocycles. The quantitative estimate of drug-likeness (QED) is 0.868. The van der Waals surface area contributed by atoms with E-state index in [1.165, 1.54) is 18.1 Å². The van der Waals surface area contributed by atoms with Crippen LogP contribution in [0.1, 0.15) is 38.1 Å². The number of halogens is 3. The van der Waals surface area contributed by atoms with E-state index in [4.69, 9.17) is 4.42 Å². The summed E-state index contributed by atoms with van der Waals surface area (Å²) in [5.41, 5.74) is 0. The zero-order valence-corrected chi connectivity index (χ0v) is 12.8. The number of hydrogen-bond donors (Lipinski definition) is 1. The minimum Gasteiger partial charge on any atom is -0.467 e. The van der Waals surface area contributed by atoms with Crippen molar-refractivity contribution in [3.8, 4) is 0 Å². The molecular formula is C15H20F3NO4. The molecule has 0 bridgehead atoms. The van der Waals surface area contributed by atoms with Crippen molar-refractivity contribution in [3.05, 3.63) is 24.2 Å². The second-order valence-electron chi connectivity index (χ2n) is 5.66. The van der Waals surface area contributed by atoms with Crippen molar-refractivity contribution in [3.63, 3.8) is 0 Å². The van der Waals surface area contributed by atoms with Crippen LogP contribution in [-0.2, 0) is 9.53 Å². The van der Waals surface area contributed by atoms with Crippen LogP contribution in [0.2, 0.25) is 0 Å². The lowest BCUT2D eigenvalue weighted by molar-refractivity contribution is -0.188. The Morgan fingerprint density at radius 2 is 2.30 bits per heavy atom. The zero-order valence-electron chi connectivity index (χ0n) is 12.8. The van der Waals surface area contributed by atoms with E-state index in [1.807, 2.05) is 0 Å². The molecule has 1 aromatic rings. The number of hydrogen-bond acceptors (Lipinski definition) is 4. The first-order valence-corrected chi connectivity index (χ1v) is 7.48. The smallest absolute Gasteiger partial charge is 0.411 e. The van der Waals surface area contributed by atoms with Gasteiger partial charge in [0.05, 0.1) is 6.26 Å². The highest BCUT2D eigenvalue weighted by molar-refractivity contribution is 5.81. The molecule has 1 aromatic heterocycles. The fourth-order valence-electron chi connectivity index (χ4n) is 2.75. The lowest BCUT2D eigenvalue weighted by atomic mass is 10.0. The normalized spacial score (nSPS) is 21.4. The van der Waals surface area contributed by atoms with Gasteiger partial charge in [-0.05, 0) is 31.9 Å². The molecule has 5 nitrogen and oxygen atoms in total. The Balaban J connectivity index is 1.91. The summed E-state index contributed by atoms with van der Waals surface area (Å²) >= 11 is 0. The zero-order chi connectivity index (χ0) is 17.0. The van der Waals surface area contributed by atoms with E-state index in [-0.39, 0.29) is 12.5 Å². The third-order valence-corrected chi connectivity index (χ3v) is 3.87. The number of likely N-dealkylation sites (tertiary alicyclic amines) is 1. The molecule has 0 aliphatic carbocycles. The number of nitrogens with zero attached hydrogens (tertiary/aromatic N) is 1. The summed E-state index contributed by atoms with van der Waals surface area (Å²) in [5.74, 6) is -0.0749. The summed E-state index contributed by atoms with van der Waals surface area (Å²) < 4.78 is 46.2. The van der Waals surface area contributed by atoms with Crippen LogP contribution < -0.4 is 0 Å². The Labute approximate surface area is 132 Å². The Kier molecular flexibility index (Phi) is 5.69. The van der Waals surface area contributed by atoms with Crippen molar-refractivity contribution in [2.24, 2.45) is 0 Å². The van der Waals surface area contributed by atoms with Gasteiger partial charge in [-0.1, -0.05) is 0 Å². The van der Waals surface area contributed by atoms with Gasteiger partial charge in [0, 0.05) is 19.0 Å². The highest BCUT2D eigenvalue weighted by Crippen LogP contribution is 2.28. The van der Waals surface area contributed by atoms with Crippen LogP contribution >= 0.6 is 0 Å². The van der Waals surface area contributed by atoms with Gasteiger partial charge in [-0.3, -0.25) is 4.79 Å². The van der Waals surface area contributed by atoms with Crippen molar-refractivity contribution in [1.29, 1.82) is 0 Å². The van der Waals surface area contributed by atoms with Crippen LogP contribution in [0.4, 0.5) is 13.2 Å². The topological polar surface area (TPSA) is 62.9 Å². The molecule has 0 saturated carbocycles. The first-order chi connectivity index (χ1) is 10.8. The minimum atomic E-state index is -4.46. The molecule has 0 spiro atoms. The largest absolute Gasteiger partial charge is 0.467 e. The van der Waals surface area contributed by atoms with E-state index < -0.39 is 30.9 Å². The molecule has 130 valence electrons. The lowest BCUT2D eigenvalue weighted by Crippen LogP contribution is -2.43. The van der Waals surface area contributed by atoms with E-state index in [1.54, 1.807) is 12.1 Å². The Hall–Kier alpha value is -1.54. The van der Waals surface area contributed by atoms with Gasteiger partial charge < -0.3 is 19.2 Å². The third-order valence-electron chi connectivity index (χ3n) is 3.87. The highest BCUT2D eigenvalue weighted by Gasteiger charge is 2.35. The van der Waals surface area contributed by atoms with Crippen LogP contribution in [0.15, 0.2) is 22.8 Å². The molecule has 1 N–H and O–H groups in total. The van der Waals surface area contributed by atoms with Gasteiger partial charge in [0.25, 0.3) is 5.91 Å². The number of furan rings is 1. The molecular weight excluding hydrogens is 315 g/mol. The molecule has 2 rings (SSSR count). The standard InChI is InChI=1S/C15H20F3NO4/c1-10(23-9-15(16,17)18)14(21)19-6-2-4-11(19)8-12(20)13-5-3-7-22-13/h3,5,7,10-12,20H,2,4,6,8-9H2,1H3. The number of aliphatic hydroxyl groups is 1. The Morgan fingerprint density at radius 3 is 2.91 bits per heavy atom. The van der Waals surface area contributed by atoms with E-state index >= 15 is 0 Å². The Bertz CT molecular complexity index is 503. The first kappa shape index (κ1) is 17.8.